The molecule has 44 heavy (non-hydrogen) atoms. The van der Waals surface area contributed by atoms with Crippen molar-refractivity contribution in [3.05, 3.63) is 106 Å². The van der Waals surface area contributed by atoms with Gasteiger partial charge in [-0.15, -0.1) is 0 Å². The third kappa shape index (κ3) is 5.83. The average Bonchev–Trinajstić information content (AvgIpc) is 3.56. The van der Waals surface area contributed by atoms with Gasteiger partial charge in [0.2, 0.25) is 11.8 Å². The Morgan fingerprint density at radius 1 is 0.955 bits per heavy atom. The summed E-state index contributed by atoms with van der Waals surface area (Å²) >= 11 is 0. The van der Waals surface area contributed by atoms with Crippen LogP contribution in [0.15, 0.2) is 89.5 Å². The predicted molar refractivity (Wildman–Crippen MR) is 172 cm³/mol. The number of imide groups is 1. The summed E-state index contributed by atoms with van der Waals surface area (Å²) in [6.07, 6.45) is 6.28. The van der Waals surface area contributed by atoms with Crippen LogP contribution in [-0.2, 0) is 14.3 Å². The van der Waals surface area contributed by atoms with E-state index in [2.05, 4.69) is 13.0 Å². The van der Waals surface area contributed by atoms with Crippen LogP contribution >= 0.6 is 0 Å². The highest BCUT2D eigenvalue weighted by Crippen LogP contribution is 2.50. The lowest BCUT2D eigenvalue weighted by molar-refractivity contribution is -0.122. The highest BCUT2D eigenvalue weighted by molar-refractivity contribution is 6.22. The molecule has 3 aromatic rings. The highest BCUT2D eigenvalue weighted by Gasteiger charge is 2.57. The minimum Gasteiger partial charge on any atom is -0.507 e. The zero-order chi connectivity index (χ0) is 30.8. The van der Waals surface area contributed by atoms with Crippen molar-refractivity contribution in [2.75, 3.05) is 18.1 Å². The highest BCUT2D eigenvalue weighted by atomic mass is 16.5. The first kappa shape index (κ1) is 29.9. The molecule has 0 aromatic heterocycles. The molecule has 3 aliphatic rings. The van der Waals surface area contributed by atoms with Crippen molar-refractivity contribution in [3.8, 4) is 11.5 Å². The number of benzene rings is 3. The van der Waals surface area contributed by atoms with Crippen molar-refractivity contribution in [1.82, 2.24) is 0 Å². The van der Waals surface area contributed by atoms with Crippen molar-refractivity contribution in [3.63, 3.8) is 0 Å². The van der Waals surface area contributed by atoms with Gasteiger partial charge in [0.15, 0.2) is 0 Å². The fraction of sp³-hybridized carbons (Fsp3) is 0.368. The van der Waals surface area contributed by atoms with E-state index in [1.54, 1.807) is 0 Å². The van der Waals surface area contributed by atoms with Gasteiger partial charge in [-0.3, -0.25) is 14.5 Å². The summed E-state index contributed by atoms with van der Waals surface area (Å²) in [5.41, 5.74) is 7.06. The summed E-state index contributed by atoms with van der Waals surface area (Å²) in [5, 5.41) is 10.2. The molecular weight excluding hydrogens is 550 g/mol. The molecule has 4 atom stereocenters. The van der Waals surface area contributed by atoms with Crippen molar-refractivity contribution in [2.24, 2.45) is 17.8 Å². The zero-order valence-electron chi connectivity index (χ0n) is 25.8. The lowest BCUT2D eigenvalue weighted by atomic mass is 9.69. The van der Waals surface area contributed by atoms with E-state index in [1.165, 1.54) is 10.5 Å². The van der Waals surface area contributed by atoms with Gasteiger partial charge in [-0.25, -0.2) is 0 Å². The number of hydrogen-bond donors (Lipinski definition) is 1. The number of phenols is 1. The molecule has 6 heteroatoms. The second-order valence-electron chi connectivity index (χ2n) is 12.4. The molecule has 3 aromatic carbocycles. The number of rotatable bonds is 10. The predicted octanol–water partition coefficient (Wildman–Crippen LogP) is 7.57. The number of carbonyl (C=O) groups excluding carboxylic acids is 2. The Hall–Kier alpha value is -4.16. The summed E-state index contributed by atoms with van der Waals surface area (Å²) in [6, 6.07) is 23.1. The van der Waals surface area contributed by atoms with E-state index in [1.807, 2.05) is 86.6 Å². The molecule has 228 valence electrons. The zero-order valence-corrected chi connectivity index (χ0v) is 25.8. The van der Waals surface area contributed by atoms with Crippen molar-refractivity contribution >= 4 is 23.6 Å². The number of ether oxygens (including phenoxy) is 2. The number of phenolic OH excluding ortho intramolecular Hbond substituents is 1. The molecule has 0 saturated carbocycles. The summed E-state index contributed by atoms with van der Waals surface area (Å²) in [7, 11) is 0. The van der Waals surface area contributed by atoms with Gasteiger partial charge < -0.3 is 14.6 Å². The van der Waals surface area contributed by atoms with E-state index in [0.717, 1.165) is 59.3 Å². The van der Waals surface area contributed by atoms with E-state index < -0.39 is 11.8 Å². The normalized spacial score (nSPS) is 23.2. The second kappa shape index (κ2) is 12.8. The second-order valence-corrected chi connectivity index (χ2v) is 12.4. The van der Waals surface area contributed by atoms with Gasteiger partial charge >= 0.3 is 0 Å². The molecule has 0 bridgehead atoms. The van der Waals surface area contributed by atoms with Crippen molar-refractivity contribution in [1.29, 1.82) is 0 Å². The molecule has 2 fully saturated rings. The molecule has 0 radical (unpaired) electrons. The lowest BCUT2D eigenvalue weighted by Gasteiger charge is -2.31. The largest absolute Gasteiger partial charge is 0.507 e. The minimum absolute atomic E-state index is 0.120. The topological polar surface area (TPSA) is 76.1 Å². The summed E-state index contributed by atoms with van der Waals surface area (Å²) < 4.78 is 12.7. The van der Waals surface area contributed by atoms with Crippen LogP contribution in [0, 0.1) is 31.6 Å². The summed E-state index contributed by atoms with van der Waals surface area (Å²) in [5.74, 6) is -0.0878. The molecule has 1 aliphatic carbocycles. The van der Waals surface area contributed by atoms with E-state index in [0.29, 0.717) is 31.1 Å². The molecule has 2 saturated heterocycles. The van der Waals surface area contributed by atoms with Crippen LogP contribution < -0.4 is 9.64 Å². The van der Waals surface area contributed by atoms with Crippen LogP contribution in [0.2, 0.25) is 0 Å². The fourth-order valence-electron chi connectivity index (χ4n) is 7.34. The first-order valence-electron chi connectivity index (χ1n) is 15.8. The van der Waals surface area contributed by atoms with E-state index in [9.17, 15) is 14.7 Å². The van der Waals surface area contributed by atoms with Crippen LogP contribution in [0.3, 0.4) is 0 Å². The molecule has 6 nitrogen and oxygen atoms in total. The molecule has 6 rings (SSSR count). The number of carbonyl (C=O) groups is 2. The summed E-state index contributed by atoms with van der Waals surface area (Å²) in [6.45, 7) is 6.85. The average molecular weight is 592 g/mol. The Bertz CT molecular complexity index is 1570. The van der Waals surface area contributed by atoms with Gasteiger partial charge in [-0.2, -0.15) is 0 Å². The first-order chi connectivity index (χ1) is 21.4. The number of nitrogens with zero attached hydrogens (tertiary/aromatic N) is 1. The third-order valence-electron chi connectivity index (χ3n) is 9.36. The van der Waals surface area contributed by atoms with Gasteiger partial charge in [0, 0.05) is 5.92 Å². The number of fused-ring (bicyclic) bond motifs is 3. The van der Waals surface area contributed by atoms with Gasteiger partial charge in [-0.05, 0) is 104 Å². The molecular formula is C38H41NO5. The molecule has 2 amide bonds. The molecule has 2 aliphatic heterocycles. The Balaban J connectivity index is 1.28. The van der Waals surface area contributed by atoms with Crippen LogP contribution in [0.1, 0.15) is 55.7 Å². The number of amides is 2. The number of allylic oxidation sites excluding steroid dienone is 1. The maximum atomic E-state index is 13.9. The molecule has 0 spiro atoms. The van der Waals surface area contributed by atoms with Gasteiger partial charge in [-0.1, -0.05) is 61.4 Å². The Morgan fingerprint density at radius 2 is 1.64 bits per heavy atom. The smallest absolute Gasteiger partial charge is 0.238 e. The van der Waals surface area contributed by atoms with Gasteiger partial charge in [0.25, 0.3) is 0 Å². The van der Waals surface area contributed by atoms with Crippen LogP contribution in [0.5, 0.6) is 11.5 Å². The fourth-order valence-corrected chi connectivity index (χ4v) is 7.34. The summed E-state index contributed by atoms with van der Waals surface area (Å²) in [4.78, 5) is 29.0. The Labute approximate surface area is 260 Å². The van der Waals surface area contributed by atoms with Crippen LogP contribution in [0.25, 0.3) is 6.08 Å². The van der Waals surface area contributed by atoms with Gasteiger partial charge in [0.05, 0.1) is 30.2 Å². The van der Waals surface area contributed by atoms with Crippen molar-refractivity contribution in [2.45, 2.75) is 59.0 Å². The number of aromatic hydroxyl groups is 1. The third-order valence-corrected chi connectivity index (χ3v) is 9.36. The Morgan fingerprint density at radius 3 is 2.32 bits per heavy atom. The molecule has 1 N–H and O–H groups in total. The SMILES string of the molecule is CCC/C(=C\c1cc(C)c(O)c(C)c1)CC[C@H]1OC[C@H]2C1=C(COc1ccccc1)C[C@H]1C(=O)N(c3ccccc3)C(=O)[C@H]12. The monoisotopic (exact) mass is 591 g/mol. The maximum Gasteiger partial charge on any atom is 0.238 e. The Kier molecular flexibility index (Phi) is 8.72. The number of anilines is 1. The number of aryl methyl sites for hydroxylation is 2. The van der Waals surface area contributed by atoms with Crippen LogP contribution in [-0.4, -0.2) is 36.2 Å². The van der Waals surface area contributed by atoms with E-state index in [-0.39, 0.29) is 23.8 Å². The molecule has 2 heterocycles. The number of para-hydroxylation sites is 2. The van der Waals surface area contributed by atoms with Gasteiger partial charge in [0.1, 0.15) is 18.1 Å². The van der Waals surface area contributed by atoms with E-state index in [4.69, 9.17) is 9.47 Å². The molecule has 0 unspecified atom stereocenters. The lowest BCUT2D eigenvalue weighted by Crippen LogP contribution is -2.35. The number of hydrogen-bond acceptors (Lipinski definition) is 5. The first-order valence-corrected chi connectivity index (χ1v) is 15.8. The maximum absolute atomic E-state index is 13.9. The standard InChI is InChI=1S/C38H41NO5/c1-4-11-26(20-27-18-24(2)36(40)25(3)19-27)16-17-33-34-28(22-43-30-14-9-6-10-15-30)21-31-35(32(34)23-44-33)38(42)39(37(31)41)29-12-7-5-8-13-29/h5-10,12-15,18-20,31-33,35,40H,4,11,16-17,21-23H2,1-3H3/b26-20+/t31-,32+,33-,35-/m1/s1. The minimum atomic E-state index is -0.420. The quantitative estimate of drug-likeness (QED) is 0.194. The van der Waals surface area contributed by atoms with Crippen molar-refractivity contribution < 1.29 is 24.2 Å². The van der Waals surface area contributed by atoms with Crippen LogP contribution in [0.4, 0.5) is 5.69 Å². The van der Waals surface area contributed by atoms with E-state index >= 15 is 0 Å².